The van der Waals surface area contributed by atoms with Crippen molar-refractivity contribution in [3.63, 3.8) is 0 Å². The summed E-state index contributed by atoms with van der Waals surface area (Å²) < 4.78 is 1.83. The number of hydrogen-bond acceptors (Lipinski definition) is 4. The summed E-state index contributed by atoms with van der Waals surface area (Å²) in [5.74, 6) is 0.754. The lowest BCUT2D eigenvalue weighted by Gasteiger charge is -2.30. The Balaban J connectivity index is 1.36. The first-order valence-electron chi connectivity index (χ1n) is 11.0. The molecule has 0 aliphatic carbocycles. The summed E-state index contributed by atoms with van der Waals surface area (Å²) in [6, 6.07) is 20.2. The predicted octanol–water partition coefficient (Wildman–Crippen LogP) is 4.38. The molecular weight excluding hydrogens is 396 g/mol. The molecule has 1 aliphatic heterocycles. The van der Waals surface area contributed by atoms with E-state index in [-0.39, 0.29) is 5.56 Å². The first-order valence-corrected chi connectivity index (χ1v) is 11.0. The first kappa shape index (κ1) is 20.3. The molecule has 0 saturated carbocycles. The second kappa shape index (κ2) is 8.52. The minimum absolute atomic E-state index is 0.0727. The minimum atomic E-state index is 0.0727. The van der Waals surface area contributed by atoms with Crippen LogP contribution in [0.1, 0.15) is 22.4 Å². The van der Waals surface area contributed by atoms with Crippen molar-refractivity contribution < 1.29 is 0 Å². The molecule has 0 N–H and O–H groups in total. The van der Waals surface area contributed by atoms with Crippen molar-refractivity contribution in [2.75, 3.05) is 6.54 Å². The largest absolute Gasteiger partial charge is 0.315 e. The number of hydrogen-bond donors (Lipinski definition) is 0. The molecule has 0 atom stereocenters. The maximum absolute atomic E-state index is 12.9. The van der Waals surface area contributed by atoms with Crippen LogP contribution in [0.2, 0.25) is 0 Å². The fourth-order valence-corrected chi connectivity index (χ4v) is 4.47. The van der Waals surface area contributed by atoms with Gasteiger partial charge < -0.3 is 4.57 Å². The lowest BCUT2D eigenvalue weighted by atomic mass is 9.99. The molecule has 0 unspecified atom stereocenters. The van der Waals surface area contributed by atoms with Gasteiger partial charge in [0.1, 0.15) is 0 Å². The Morgan fingerprint density at radius 3 is 2.44 bits per heavy atom. The Morgan fingerprint density at radius 1 is 0.938 bits per heavy atom. The molecule has 32 heavy (non-hydrogen) atoms. The van der Waals surface area contributed by atoms with Gasteiger partial charge >= 0.3 is 0 Å². The van der Waals surface area contributed by atoms with Crippen LogP contribution < -0.4 is 5.56 Å². The van der Waals surface area contributed by atoms with Gasteiger partial charge in [-0.2, -0.15) is 0 Å². The number of rotatable bonds is 4. The molecule has 0 saturated heterocycles. The summed E-state index contributed by atoms with van der Waals surface area (Å²) in [5.41, 5.74) is 7.49. The number of aryl methyl sites for hydroxylation is 1. The topological polar surface area (TPSA) is 51.0 Å². The van der Waals surface area contributed by atoms with Gasteiger partial charge in [-0.15, -0.1) is 0 Å². The van der Waals surface area contributed by atoms with Crippen LogP contribution in [0, 0.1) is 6.92 Å². The Morgan fingerprint density at radius 2 is 1.69 bits per heavy atom. The van der Waals surface area contributed by atoms with E-state index >= 15 is 0 Å². The maximum atomic E-state index is 12.9. The van der Waals surface area contributed by atoms with Crippen LogP contribution in [0.15, 0.2) is 77.9 Å². The van der Waals surface area contributed by atoms with Gasteiger partial charge in [0.2, 0.25) is 0 Å². The molecule has 1 aliphatic rings. The smallest absolute Gasteiger partial charge is 0.258 e. The zero-order chi connectivity index (χ0) is 22.1. The van der Waals surface area contributed by atoms with Gasteiger partial charge in [0.25, 0.3) is 5.56 Å². The average molecular weight is 423 g/mol. The molecule has 4 aromatic rings. The van der Waals surface area contributed by atoms with E-state index in [1.54, 1.807) is 0 Å². The summed E-state index contributed by atoms with van der Waals surface area (Å²) in [5, 5.41) is 0. The van der Waals surface area contributed by atoms with Gasteiger partial charge in [-0.1, -0.05) is 54.1 Å². The number of aromatic nitrogens is 3. The number of nitrogens with zero attached hydrogens (tertiary/aromatic N) is 4. The quantitative estimate of drug-likeness (QED) is 0.490. The molecule has 160 valence electrons. The lowest BCUT2D eigenvalue weighted by Crippen LogP contribution is -2.35. The Hall–Kier alpha value is -3.57. The summed E-state index contributed by atoms with van der Waals surface area (Å²) in [6.07, 6.45) is 4.71. The van der Waals surface area contributed by atoms with E-state index in [9.17, 15) is 4.79 Å². The van der Waals surface area contributed by atoms with Gasteiger partial charge in [-0.05, 0) is 30.2 Å². The highest BCUT2D eigenvalue weighted by Crippen LogP contribution is 2.24. The third kappa shape index (κ3) is 3.99. The fourth-order valence-electron chi connectivity index (χ4n) is 4.47. The van der Waals surface area contributed by atoms with E-state index in [4.69, 9.17) is 0 Å². The molecule has 5 heteroatoms. The van der Waals surface area contributed by atoms with Crippen LogP contribution in [0.4, 0.5) is 0 Å². The van der Waals surface area contributed by atoms with E-state index in [0.29, 0.717) is 0 Å². The highest BCUT2D eigenvalue weighted by atomic mass is 16.1. The number of benzene rings is 2. The summed E-state index contributed by atoms with van der Waals surface area (Å²) in [6.45, 7) is 4.58. The molecule has 3 heterocycles. The van der Waals surface area contributed by atoms with Crippen molar-refractivity contribution in [3.8, 4) is 22.5 Å². The lowest BCUT2D eigenvalue weighted by molar-refractivity contribution is 0.240. The monoisotopic (exact) mass is 422 g/mol. The van der Waals surface area contributed by atoms with Crippen molar-refractivity contribution in [3.05, 3.63) is 106 Å². The normalized spacial score (nSPS) is 13.7. The van der Waals surface area contributed by atoms with Crippen molar-refractivity contribution >= 4 is 0 Å². The number of pyridine rings is 1. The van der Waals surface area contributed by atoms with E-state index in [0.717, 1.165) is 59.8 Å². The van der Waals surface area contributed by atoms with E-state index in [1.807, 2.05) is 66.5 Å². The van der Waals surface area contributed by atoms with Crippen LogP contribution >= 0.6 is 0 Å². The number of fused-ring (bicyclic) bond motifs is 1. The van der Waals surface area contributed by atoms with Gasteiger partial charge in [0.05, 0.1) is 0 Å². The van der Waals surface area contributed by atoms with Crippen LogP contribution in [0.3, 0.4) is 0 Å². The molecule has 5 nitrogen and oxygen atoms in total. The third-order valence-corrected chi connectivity index (χ3v) is 6.16. The zero-order valence-electron chi connectivity index (χ0n) is 18.5. The van der Waals surface area contributed by atoms with E-state index < -0.39 is 0 Å². The average Bonchev–Trinajstić information content (AvgIpc) is 2.82. The molecule has 0 amide bonds. The van der Waals surface area contributed by atoms with Crippen LogP contribution in [0.25, 0.3) is 22.5 Å². The standard InChI is InChI=1S/C27H26N4O/c1-19-7-6-10-22(13-19)26-28-15-20(16-29-26)17-31-12-11-25-23(18-31)14-24(27(32)30(25)2)21-8-4-3-5-9-21/h3-10,13-16H,11-12,17-18H2,1-2H3. The molecule has 5 rings (SSSR count). The maximum Gasteiger partial charge on any atom is 0.258 e. The molecule has 0 bridgehead atoms. The fraction of sp³-hybridized carbons (Fsp3) is 0.222. The van der Waals surface area contributed by atoms with Crippen molar-refractivity contribution in [2.24, 2.45) is 7.05 Å². The molecular formula is C27H26N4O. The van der Waals surface area contributed by atoms with Crippen molar-refractivity contribution in [1.82, 2.24) is 19.4 Å². The van der Waals surface area contributed by atoms with Gasteiger partial charge in [-0.3, -0.25) is 9.69 Å². The Kier molecular flexibility index (Phi) is 5.41. The first-order chi connectivity index (χ1) is 15.6. The summed E-state index contributed by atoms with van der Waals surface area (Å²) in [4.78, 5) is 24.5. The third-order valence-electron chi connectivity index (χ3n) is 6.16. The molecule has 2 aromatic carbocycles. The highest BCUT2D eigenvalue weighted by molar-refractivity contribution is 5.63. The summed E-state index contributed by atoms with van der Waals surface area (Å²) in [7, 11) is 1.89. The van der Waals surface area contributed by atoms with Gasteiger partial charge in [-0.25, -0.2) is 9.97 Å². The van der Waals surface area contributed by atoms with Crippen LogP contribution in [0.5, 0.6) is 0 Å². The van der Waals surface area contributed by atoms with E-state index in [2.05, 4.69) is 40.0 Å². The summed E-state index contributed by atoms with van der Waals surface area (Å²) >= 11 is 0. The minimum Gasteiger partial charge on any atom is -0.315 e. The second-order valence-electron chi connectivity index (χ2n) is 8.51. The molecule has 2 aromatic heterocycles. The Bertz CT molecular complexity index is 1310. The van der Waals surface area contributed by atoms with Crippen LogP contribution in [-0.4, -0.2) is 26.0 Å². The molecule has 0 radical (unpaired) electrons. The highest BCUT2D eigenvalue weighted by Gasteiger charge is 2.21. The zero-order valence-corrected chi connectivity index (χ0v) is 18.5. The van der Waals surface area contributed by atoms with Crippen LogP contribution in [-0.2, 0) is 26.6 Å². The second-order valence-corrected chi connectivity index (χ2v) is 8.51. The Labute approximate surface area is 188 Å². The predicted molar refractivity (Wildman–Crippen MR) is 127 cm³/mol. The SMILES string of the molecule is Cc1cccc(-c2ncc(CN3CCc4c(cc(-c5ccccc5)c(=O)n4C)C3)cn2)c1. The molecule has 0 spiro atoms. The van der Waals surface area contributed by atoms with Crippen molar-refractivity contribution in [1.29, 1.82) is 0 Å². The van der Waals surface area contributed by atoms with Crippen molar-refractivity contribution in [2.45, 2.75) is 26.4 Å². The van der Waals surface area contributed by atoms with E-state index in [1.165, 1.54) is 11.1 Å². The van der Waals surface area contributed by atoms with Gasteiger partial charge in [0, 0.05) is 67.9 Å². The van der Waals surface area contributed by atoms with Gasteiger partial charge in [0.15, 0.2) is 5.82 Å². The molecule has 0 fully saturated rings.